The van der Waals surface area contributed by atoms with Crippen molar-refractivity contribution in [3.05, 3.63) is 58.6 Å². The van der Waals surface area contributed by atoms with Crippen LogP contribution in [0.15, 0.2) is 47.4 Å². The number of methoxy groups -OCH3 is 1. The van der Waals surface area contributed by atoms with E-state index in [9.17, 15) is 13.2 Å². The van der Waals surface area contributed by atoms with Gasteiger partial charge in [-0.25, -0.2) is 13.6 Å². The number of hydrogen-bond acceptors (Lipinski definition) is 4. The molecule has 0 saturated heterocycles. The molecule has 23 heavy (non-hydrogen) atoms. The summed E-state index contributed by atoms with van der Waals surface area (Å²) in [4.78, 5) is 12.1. The van der Waals surface area contributed by atoms with E-state index >= 15 is 0 Å². The number of carbonyl (C=O) groups is 1. The van der Waals surface area contributed by atoms with Gasteiger partial charge in [0.25, 0.3) is 5.91 Å². The summed E-state index contributed by atoms with van der Waals surface area (Å²) >= 11 is 5.88. The number of carbonyl (C=O) groups excluding carboxylic acids is 1. The Balaban J connectivity index is 2.24. The van der Waals surface area contributed by atoms with Crippen LogP contribution in [0.25, 0.3) is 0 Å². The second kappa shape index (κ2) is 6.99. The molecule has 0 saturated carbocycles. The molecule has 0 atom stereocenters. The van der Waals surface area contributed by atoms with E-state index in [2.05, 4.69) is 5.32 Å². The average Bonchev–Trinajstić information content (AvgIpc) is 2.51. The number of amides is 1. The lowest BCUT2D eigenvalue weighted by Gasteiger charge is -2.11. The van der Waals surface area contributed by atoms with E-state index in [-0.39, 0.29) is 22.8 Å². The van der Waals surface area contributed by atoms with Gasteiger partial charge in [-0.15, -0.1) is 0 Å². The van der Waals surface area contributed by atoms with Gasteiger partial charge in [-0.3, -0.25) is 4.79 Å². The summed E-state index contributed by atoms with van der Waals surface area (Å²) in [5.41, 5.74) is 0.897. The number of rotatable bonds is 5. The number of sulfonamides is 1. The van der Waals surface area contributed by atoms with E-state index in [1.54, 1.807) is 18.2 Å². The first-order chi connectivity index (χ1) is 10.8. The number of ether oxygens (including phenoxy) is 1. The van der Waals surface area contributed by atoms with Gasteiger partial charge in [-0.1, -0.05) is 23.7 Å². The Morgan fingerprint density at radius 3 is 2.61 bits per heavy atom. The molecule has 3 N–H and O–H groups in total. The van der Waals surface area contributed by atoms with Crippen molar-refractivity contribution < 1.29 is 17.9 Å². The summed E-state index contributed by atoms with van der Waals surface area (Å²) in [6.45, 7) is 0.238. The maximum Gasteiger partial charge on any atom is 0.255 e. The lowest BCUT2D eigenvalue weighted by molar-refractivity contribution is 0.0947. The molecule has 2 rings (SSSR count). The third kappa shape index (κ3) is 4.44. The van der Waals surface area contributed by atoms with Crippen molar-refractivity contribution in [2.24, 2.45) is 5.14 Å². The zero-order valence-electron chi connectivity index (χ0n) is 12.2. The first-order valence-corrected chi connectivity index (χ1v) is 8.47. The lowest BCUT2D eigenvalue weighted by atomic mass is 10.1. The average molecular weight is 355 g/mol. The fourth-order valence-corrected chi connectivity index (χ4v) is 2.72. The minimum Gasteiger partial charge on any atom is -0.496 e. The highest BCUT2D eigenvalue weighted by molar-refractivity contribution is 7.89. The number of nitrogens with two attached hydrogens (primary N) is 1. The van der Waals surface area contributed by atoms with Crippen molar-refractivity contribution in [2.75, 3.05) is 7.11 Å². The molecule has 0 bridgehead atoms. The minimum atomic E-state index is -3.91. The summed E-state index contributed by atoms with van der Waals surface area (Å²) in [7, 11) is -2.52. The molecule has 6 nitrogen and oxygen atoms in total. The zero-order valence-corrected chi connectivity index (χ0v) is 13.8. The van der Waals surface area contributed by atoms with E-state index < -0.39 is 15.9 Å². The fraction of sp³-hybridized carbons (Fsp3) is 0.133. The molecule has 0 fully saturated rings. The SMILES string of the molecule is COc1ccc(S(N)(=O)=O)cc1C(=O)NCc1cccc(Cl)c1. The molecule has 8 heteroatoms. The zero-order chi connectivity index (χ0) is 17.0. The number of nitrogens with one attached hydrogen (secondary N) is 1. The summed E-state index contributed by atoms with van der Waals surface area (Å²) in [5.74, 6) is -0.228. The normalized spacial score (nSPS) is 11.1. The van der Waals surface area contributed by atoms with Gasteiger partial charge in [0.2, 0.25) is 10.0 Å². The highest BCUT2D eigenvalue weighted by Gasteiger charge is 2.17. The number of hydrogen-bond donors (Lipinski definition) is 2. The van der Waals surface area contributed by atoms with E-state index in [0.29, 0.717) is 5.02 Å². The van der Waals surface area contributed by atoms with Crippen molar-refractivity contribution in [3.63, 3.8) is 0 Å². The van der Waals surface area contributed by atoms with Crippen LogP contribution in [-0.4, -0.2) is 21.4 Å². The van der Waals surface area contributed by atoms with Crippen molar-refractivity contribution >= 4 is 27.5 Å². The highest BCUT2D eigenvalue weighted by atomic mass is 35.5. The smallest absolute Gasteiger partial charge is 0.255 e. The molecular formula is C15H15ClN2O4S. The molecule has 0 unspecified atom stereocenters. The van der Waals surface area contributed by atoms with Gasteiger partial charge in [0.1, 0.15) is 5.75 Å². The molecule has 0 aromatic heterocycles. The third-order valence-electron chi connectivity index (χ3n) is 3.09. The van der Waals surface area contributed by atoms with Gasteiger partial charge in [0.15, 0.2) is 0 Å². The topological polar surface area (TPSA) is 98.5 Å². The molecule has 2 aromatic rings. The first kappa shape index (κ1) is 17.3. The Kier molecular flexibility index (Phi) is 5.25. The van der Waals surface area contributed by atoms with Crippen LogP contribution < -0.4 is 15.2 Å². The van der Waals surface area contributed by atoms with Crippen LogP contribution in [0.1, 0.15) is 15.9 Å². The Bertz CT molecular complexity index is 837. The molecule has 0 spiro atoms. The summed E-state index contributed by atoms with van der Waals surface area (Å²) in [6, 6.07) is 10.9. The highest BCUT2D eigenvalue weighted by Crippen LogP contribution is 2.22. The maximum absolute atomic E-state index is 12.3. The second-order valence-electron chi connectivity index (χ2n) is 4.72. The van der Waals surface area contributed by atoms with Gasteiger partial charge in [0, 0.05) is 11.6 Å². The molecule has 1 amide bonds. The van der Waals surface area contributed by atoms with Gasteiger partial charge < -0.3 is 10.1 Å². The summed E-state index contributed by atoms with van der Waals surface area (Å²) in [6.07, 6.45) is 0. The number of benzene rings is 2. The van der Waals surface area contributed by atoms with Crippen LogP contribution in [0.4, 0.5) is 0 Å². The Morgan fingerprint density at radius 1 is 1.26 bits per heavy atom. The number of primary sulfonamides is 1. The van der Waals surface area contributed by atoms with Crippen molar-refractivity contribution in [1.82, 2.24) is 5.32 Å². The Morgan fingerprint density at radius 2 is 2.00 bits per heavy atom. The lowest BCUT2D eigenvalue weighted by Crippen LogP contribution is -2.24. The van der Waals surface area contributed by atoms with Gasteiger partial charge in [0.05, 0.1) is 17.6 Å². The van der Waals surface area contributed by atoms with E-state index in [4.69, 9.17) is 21.5 Å². The standard InChI is InChI=1S/C15H15ClN2O4S/c1-22-14-6-5-12(23(17,20)21)8-13(14)15(19)18-9-10-3-2-4-11(16)7-10/h2-8H,9H2,1H3,(H,18,19)(H2,17,20,21). The van der Waals surface area contributed by atoms with Gasteiger partial charge in [-0.2, -0.15) is 0 Å². The molecule has 122 valence electrons. The van der Waals surface area contributed by atoms with E-state index in [1.807, 2.05) is 6.07 Å². The molecule has 0 radical (unpaired) electrons. The quantitative estimate of drug-likeness (QED) is 0.857. The summed E-state index contributed by atoms with van der Waals surface area (Å²) < 4.78 is 27.9. The Hall–Kier alpha value is -2.09. The monoisotopic (exact) mass is 354 g/mol. The maximum atomic E-state index is 12.3. The third-order valence-corrected chi connectivity index (χ3v) is 4.23. The van der Waals surface area contributed by atoms with Crippen LogP contribution in [0, 0.1) is 0 Å². The van der Waals surface area contributed by atoms with Crippen LogP contribution in [0.3, 0.4) is 0 Å². The van der Waals surface area contributed by atoms with Crippen molar-refractivity contribution in [3.8, 4) is 5.75 Å². The van der Waals surface area contributed by atoms with Crippen molar-refractivity contribution in [2.45, 2.75) is 11.4 Å². The Labute approximate surface area is 139 Å². The predicted octanol–water partition coefficient (Wildman–Crippen LogP) is 1.93. The van der Waals surface area contributed by atoms with Crippen LogP contribution in [0.2, 0.25) is 5.02 Å². The van der Waals surface area contributed by atoms with E-state index in [0.717, 1.165) is 5.56 Å². The van der Waals surface area contributed by atoms with Crippen LogP contribution in [-0.2, 0) is 16.6 Å². The molecule has 0 aliphatic heterocycles. The second-order valence-corrected chi connectivity index (χ2v) is 6.72. The largest absolute Gasteiger partial charge is 0.496 e. The van der Waals surface area contributed by atoms with Crippen LogP contribution >= 0.6 is 11.6 Å². The van der Waals surface area contributed by atoms with E-state index in [1.165, 1.54) is 25.3 Å². The molecule has 0 aliphatic rings. The van der Waals surface area contributed by atoms with Gasteiger partial charge >= 0.3 is 0 Å². The number of halogens is 1. The molecule has 2 aromatic carbocycles. The first-order valence-electron chi connectivity index (χ1n) is 6.55. The molecule has 0 aliphatic carbocycles. The van der Waals surface area contributed by atoms with Gasteiger partial charge in [-0.05, 0) is 35.9 Å². The summed E-state index contributed by atoms with van der Waals surface area (Å²) in [5, 5.41) is 8.33. The fourth-order valence-electron chi connectivity index (χ4n) is 1.97. The molecular weight excluding hydrogens is 340 g/mol. The van der Waals surface area contributed by atoms with Crippen LogP contribution in [0.5, 0.6) is 5.75 Å². The minimum absolute atomic E-state index is 0.0843. The predicted molar refractivity (Wildman–Crippen MR) is 87.0 cm³/mol. The molecule has 0 heterocycles. The van der Waals surface area contributed by atoms with Crippen molar-refractivity contribution in [1.29, 1.82) is 0 Å².